The number of amides is 2. The number of rotatable bonds is 3. The highest BCUT2D eigenvalue weighted by molar-refractivity contribution is 5.95. The van der Waals surface area contributed by atoms with E-state index in [0.717, 1.165) is 32.1 Å². The van der Waals surface area contributed by atoms with Crippen molar-refractivity contribution in [2.75, 3.05) is 5.73 Å². The number of halogens is 1. The molecule has 1 aromatic rings. The molecule has 24 heavy (non-hydrogen) atoms. The molecular formula is C18H22FN3O2. The highest BCUT2D eigenvalue weighted by Crippen LogP contribution is 2.59. The molecule has 6 heteroatoms. The zero-order valence-corrected chi connectivity index (χ0v) is 13.4. The molecule has 4 fully saturated rings. The second-order valence-corrected chi connectivity index (χ2v) is 7.85. The van der Waals surface area contributed by atoms with Crippen LogP contribution in [0.5, 0.6) is 0 Å². The summed E-state index contributed by atoms with van der Waals surface area (Å²) >= 11 is 0. The van der Waals surface area contributed by atoms with Crippen LogP contribution in [-0.4, -0.2) is 17.9 Å². The van der Waals surface area contributed by atoms with Crippen molar-refractivity contribution in [1.82, 2.24) is 5.32 Å². The molecule has 128 valence electrons. The zero-order chi connectivity index (χ0) is 17.1. The summed E-state index contributed by atoms with van der Waals surface area (Å²) in [7, 11) is 0. The molecule has 4 bridgehead atoms. The number of primary amides is 1. The minimum Gasteiger partial charge on any atom is -0.396 e. The zero-order valence-electron chi connectivity index (χ0n) is 13.4. The summed E-state index contributed by atoms with van der Waals surface area (Å²) in [5.74, 6) is 0.204. The van der Waals surface area contributed by atoms with Gasteiger partial charge in [-0.05, 0) is 68.1 Å². The van der Waals surface area contributed by atoms with E-state index in [2.05, 4.69) is 5.32 Å². The summed E-state index contributed by atoms with van der Waals surface area (Å²) in [6, 6.07) is 4.09. The number of hydrogen-bond donors (Lipinski definition) is 3. The Kier molecular flexibility index (Phi) is 3.34. The van der Waals surface area contributed by atoms with Crippen LogP contribution in [-0.2, 0) is 4.79 Å². The first-order valence-corrected chi connectivity index (χ1v) is 8.54. The van der Waals surface area contributed by atoms with Crippen molar-refractivity contribution in [2.24, 2.45) is 28.9 Å². The quantitative estimate of drug-likeness (QED) is 0.737. The third kappa shape index (κ3) is 2.27. The van der Waals surface area contributed by atoms with Gasteiger partial charge in [0, 0.05) is 17.0 Å². The Hall–Kier alpha value is -2.11. The third-order valence-electron chi connectivity index (χ3n) is 6.35. The second-order valence-electron chi connectivity index (χ2n) is 7.85. The van der Waals surface area contributed by atoms with Crippen molar-refractivity contribution >= 4 is 17.5 Å². The number of hydrogen-bond acceptors (Lipinski definition) is 3. The van der Waals surface area contributed by atoms with Crippen molar-refractivity contribution in [3.63, 3.8) is 0 Å². The molecule has 0 aliphatic heterocycles. The fourth-order valence-corrected chi connectivity index (χ4v) is 5.48. The van der Waals surface area contributed by atoms with Crippen LogP contribution in [0, 0.1) is 29.0 Å². The Balaban J connectivity index is 1.53. The molecule has 0 saturated heterocycles. The van der Waals surface area contributed by atoms with Gasteiger partial charge < -0.3 is 16.8 Å². The number of carbonyl (C=O) groups is 2. The van der Waals surface area contributed by atoms with Crippen LogP contribution in [0.3, 0.4) is 0 Å². The molecule has 2 unspecified atom stereocenters. The molecule has 5 nitrogen and oxygen atoms in total. The smallest absolute Gasteiger partial charge is 0.251 e. The topological polar surface area (TPSA) is 98.2 Å². The van der Waals surface area contributed by atoms with E-state index in [1.54, 1.807) is 0 Å². The van der Waals surface area contributed by atoms with Gasteiger partial charge in [0.25, 0.3) is 5.91 Å². The Morgan fingerprint density at radius 3 is 2.42 bits per heavy atom. The Bertz CT molecular complexity index is 704. The van der Waals surface area contributed by atoms with Crippen LogP contribution < -0.4 is 16.8 Å². The van der Waals surface area contributed by atoms with Gasteiger partial charge in [0.1, 0.15) is 5.82 Å². The largest absolute Gasteiger partial charge is 0.396 e. The lowest BCUT2D eigenvalue weighted by Crippen LogP contribution is -2.62. The van der Waals surface area contributed by atoms with E-state index >= 15 is 0 Å². The summed E-state index contributed by atoms with van der Waals surface area (Å²) in [5.41, 5.74) is 11.2. The molecule has 0 heterocycles. The lowest BCUT2D eigenvalue weighted by Gasteiger charge is -2.58. The summed E-state index contributed by atoms with van der Waals surface area (Å²) in [5, 5.41) is 3.11. The van der Waals surface area contributed by atoms with Crippen LogP contribution in [0.2, 0.25) is 0 Å². The summed E-state index contributed by atoms with van der Waals surface area (Å²) in [4.78, 5) is 24.5. The Labute approximate surface area is 140 Å². The molecule has 0 radical (unpaired) electrons. The predicted molar refractivity (Wildman–Crippen MR) is 87.2 cm³/mol. The third-order valence-corrected chi connectivity index (χ3v) is 6.35. The first kappa shape index (κ1) is 15.4. The molecule has 4 aliphatic rings. The van der Waals surface area contributed by atoms with E-state index in [4.69, 9.17) is 11.5 Å². The van der Waals surface area contributed by atoms with Gasteiger partial charge in [-0.3, -0.25) is 9.59 Å². The van der Waals surface area contributed by atoms with E-state index in [1.165, 1.54) is 18.2 Å². The molecule has 2 amide bonds. The van der Waals surface area contributed by atoms with E-state index in [1.807, 2.05) is 0 Å². The van der Waals surface area contributed by atoms with Gasteiger partial charge in [-0.25, -0.2) is 4.39 Å². The van der Waals surface area contributed by atoms with Crippen molar-refractivity contribution in [3.8, 4) is 0 Å². The summed E-state index contributed by atoms with van der Waals surface area (Å²) in [6.45, 7) is 0. The van der Waals surface area contributed by atoms with E-state index in [0.29, 0.717) is 23.3 Å². The van der Waals surface area contributed by atoms with Gasteiger partial charge in [-0.1, -0.05) is 0 Å². The van der Waals surface area contributed by atoms with E-state index < -0.39 is 5.82 Å². The molecule has 2 atom stereocenters. The van der Waals surface area contributed by atoms with Crippen LogP contribution in [0.1, 0.15) is 42.5 Å². The minimum absolute atomic E-state index is 0.0274. The van der Waals surface area contributed by atoms with Gasteiger partial charge in [-0.2, -0.15) is 0 Å². The first-order valence-electron chi connectivity index (χ1n) is 8.54. The van der Waals surface area contributed by atoms with Gasteiger partial charge in [0.15, 0.2) is 0 Å². The lowest BCUT2D eigenvalue weighted by molar-refractivity contribution is -0.145. The standard InChI is InChI=1S/C18H22FN3O2/c19-13-2-1-10(5-14(13)20)16(23)22-15-11-3-9-4-12(15)8-18(6-9,7-11)17(21)24/h1-2,5,9,11-12,15H,3-4,6-8,20H2,(H2,21,24)(H,22,23). The molecule has 4 saturated carbocycles. The summed E-state index contributed by atoms with van der Waals surface area (Å²) in [6.07, 6.45) is 4.53. The average Bonchev–Trinajstić information content (AvgIpc) is 2.52. The Morgan fingerprint density at radius 2 is 1.83 bits per heavy atom. The van der Waals surface area contributed by atoms with Crippen molar-refractivity contribution in [1.29, 1.82) is 0 Å². The van der Waals surface area contributed by atoms with Gasteiger partial charge in [0.2, 0.25) is 5.91 Å². The number of nitrogens with two attached hydrogens (primary N) is 2. The van der Waals surface area contributed by atoms with Crippen molar-refractivity contribution in [2.45, 2.75) is 38.1 Å². The predicted octanol–water partition coefficient (Wildman–Crippen LogP) is 1.82. The number of anilines is 1. The summed E-state index contributed by atoms with van der Waals surface area (Å²) < 4.78 is 13.3. The maximum Gasteiger partial charge on any atom is 0.251 e. The van der Waals surface area contributed by atoms with Gasteiger partial charge >= 0.3 is 0 Å². The van der Waals surface area contributed by atoms with Crippen molar-refractivity contribution in [3.05, 3.63) is 29.6 Å². The Morgan fingerprint density at radius 1 is 1.17 bits per heavy atom. The van der Waals surface area contributed by atoms with Gasteiger partial charge in [0.05, 0.1) is 5.69 Å². The maximum absolute atomic E-state index is 13.3. The fraction of sp³-hybridized carbons (Fsp3) is 0.556. The maximum atomic E-state index is 13.3. The van der Waals surface area contributed by atoms with Crippen LogP contribution in [0.25, 0.3) is 0 Å². The van der Waals surface area contributed by atoms with Crippen LogP contribution in [0.15, 0.2) is 18.2 Å². The van der Waals surface area contributed by atoms with Crippen LogP contribution in [0.4, 0.5) is 10.1 Å². The highest BCUT2D eigenvalue weighted by atomic mass is 19.1. The molecule has 5 N–H and O–H groups in total. The molecular weight excluding hydrogens is 309 g/mol. The van der Waals surface area contributed by atoms with Gasteiger partial charge in [-0.15, -0.1) is 0 Å². The first-order chi connectivity index (χ1) is 11.4. The highest BCUT2D eigenvalue weighted by Gasteiger charge is 2.58. The molecule has 0 spiro atoms. The fourth-order valence-electron chi connectivity index (χ4n) is 5.48. The van der Waals surface area contributed by atoms with Crippen molar-refractivity contribution < 1.29 is 14.0 Å². The second kappa shape index (κ2) is 5.19. The van der Waals surface area contributed by atoms with E-state index in [-0.39, 0.29) is 29.0 Å². The van der Waals surface area contributed by atoms with E-state index in [9.17, 15) is 14.0 Å². The monoisotopic (exact) mass is 331 g/mol. The molecule has 1 aromatic carbocycles. The average molecular weight is 331 g/mol. The number of carbonyl (C=O) groups excluding carboxylic acids is 2. The van der Waals surface area contributed by atoms with Crippen LogP contribution >= 0.6 is 0 Å². The lowest BCUT2D eigenvalue weighted by atomic mass is 9.47. The SMILES string of the molecule is NC(=O)C12CC3CC(C1)C(NC(=O)c1ccc(F)c(N)c1)C(C3)C2. The normalized spacial score (nSPS) is 36.5. The minimum atomic E-state index is -0.524. The molecule has 4 aliphatic carbocycles. The number of benzene rings is 1. The molecule has 5 rings (SSSR count). The number of nitrogens with one attached hydrogen (secondary N) is 1. The number of nitrogen functional groups attached to an aromatic ring is 1. The molecule has 0 aromatic heterocycles.